The fraction of sp³-hybridized carbons (Fsp3) is 0.174. The van der Waals surface area contributed by atoms with Crippen LogP contribution in [0, 0.1) is 0 Å². The van der Waals surface area contributed by atoms with Gasteiger partial charge in [-0.3, -0.25) is 4.99 Å². The van der Waals surface area contributed by atoms with Crippen LogP contribution in [-0.4, -0.2) is 5.84 Å². The normalized spacial score (nSPS) is 19.3. The summed E-state index contributed by atoms with van der Waals surface area (Å²) >= 11 is 0. The maximum absolute atomic E-state index is 5.04. The number of nitrogens with zero attached hydrogens (tertiary/aromatic N) is 1. The fourth-order valence-electron chi connectivity index (χ4n) is 3.43. The fourth-order valence-corrected chi connectivity index (χ4v) is 3.43. The molecule has 3 aromatic carbocycles. The molecule has 2 atom stereocenters. The summed E-state index contributed by atoms with van der Waals surface area (Å²) < 4.78 is 0. The zero-order valence-electron chi connectivity index (χ0n) is 14.2. The molecule has 0 bridgehead atoms. The van der Waals surface area contributed by atoms with Gasteiger partial charge in [0.15, 0.2) is 0 Å². The van der Waals surface area contributed by atoms with Crippen LogP contribution < -0.4 is 5.32 Å². The summed E-state index contributed by atoms with van der Waals surface area (Å²) in [6, 6.07) is 32.2. The van der Waals surface area contributed by atoms with Gasteiger partial charge in [0.2, 0.25) is 0 Å². The van der Waals surface area contributed by atoms with Gasteiger partial charge in [0.05, 0.1) is 11.9 Å². The van der Waals surface area contributed by atoms with Crippen LogP contribution in [0.3, 0.4) is 0 Å². The van der Waals surface area contributed by atoms with Crippen LogP contribution in [0.5, 0.6) is 0 Å². The van der Waals surface area contributed by atoms with E-state index in [-0.39, 0.29) is 12.1 Å². The molecule has 0 saturated heterocycles. The van der Waals surface area contributed by atoms with Crippen molar-refractivity contribution in [3.05, 3.63) is 108 Å². The molecule has 0 fully saturated rings. The largest absolute Gasteiger partial charge is 0.364 e. The molecule has 0 aliphatic carbocycles. The topological polar surface area (TPSA) is 24.4 Å². The first-order chi connectivity index (χ1) is 12.4. The highest BCUT2D eigenvalue weighted by atomic mass is 15.1. The molecule has 1 aliphatic rings. The van der Waals surface area contributed by atoms with Gasteiger partial charge in [0, 0.05) is 6.42 Å². The monoisotopic (exact) mass is 326 g/mol. The second-order valence-electron chi connectivity index (χ2n) is 6.45. The molecule has 2 nitrogen and oxygen atoms in total. The van der Waals surface area contributed by atoms with Crippen LogP contribution in [-0.2, 0) is 6.42 Å². The van der Waals surface area contributed by atoms with Crippen molar-refractivity contribution in [2.75, 3.05) is 0 Å². The van der Waals surface area contributed by atoms with E-state index < -0.39 is 0 Å². The Bertz CT molecular complexity index is 826. The molecule has 4 rings (SSSR count). The van der Waals surface area contributed by atoms with Gasteiger partial charge in [0.1, 0.15) is 6.04 Å². The lowest BCUT2D eigenvalue weighted by Gasteiger charge is -2.19. The molecule has 3 aromatic rings. The minimum Gasteiger partial charge on any atom is -0.364 e. The van der Waals surface area contributed by atoms with Crippen molar-refractivity contribution < 1.29 is 0 Å². The first kappa shape index (κ1) is 15.6. The summed E-state index contributed by atoms with van der Waals surface area (Å²) in [5.74, 6) is 1.10. The maximum atomic E-state index is 5.04. The van der Waals surface area contributed by atoms with Gasteiger partial charge in [-0.15, -0.1) is 0 Å². The standard InChI is InChI=1S/C23H22N2/c1-4-10-18(11-5-1)16-17-21-24-22(19-12-6-2-7-13-19)23(25-21)20-14-8-3-9-15-20/h1-15,22-23H,16-17H2,(H,24,25)/t22-,23+. The number of aliphatic imine (C=N–C) groups is 1. The Labute approximate surface area is 149 Å². The van der Waals surface area contributed by atoms with E-state index in [2.05, 4.69) is 96.3 Å². The number of nitrogens with one attached hydrogen (secondary N) is 1. The molecule has 1 heterocycles. The Morgan fingerprint density at radius 3 is 1.84 bits per heavy atom. The molecule has 0 unspecified atom stereocenters. The van der Waals surface area contributed by atoms with E-state index in [4.69, 9.17) is 4.99 Å². The zero-order valence-corrected chi connectivity index (χ0v) is 14.2. The number of hydrogen-bond donors (Lipinski definition) is 1. The first-order valence-corrected chi connectivity index (χ1v) is 8.87. The number of benzene rings is 3. The van der Waals surface area contributed by atoms with E-state index >= 15 is 0 Å². The van der Waals surface area contributed by atoms with Crippen LogP contribution in [0.15, 0.2) is 96.0 Å². The Balaban J connectivity index is 1.57. The van der Waals surface area contributed by atoms with Gasteiger partial charge in [-0.1, -0.05) is 91.0 Å². The summed E-state index contributed by atoms with van der Waals surface area (Å²) in [5.41, 5.74) is 3.90. The summed E-state index contributed by atoms with van der Waals surface area (Å²) in [4.78, 5) is 5.04. The number of hydrogen-bond acceptors (Lipinski definition) is 2. The van der Waals surface area contributed by atoms with E-state index in [1.807, 2.05) is 0 Å². The van der Waals surface area contributed by atoms with Gasteiger partial charge in [-0.25, -0.2) is 0 Å². The van der Waals surface area contributed by atoms with Crippen LogP contribution in [0.4, 0.5) is 0 Å². The molecule has 124 valence electrons. The molecule has 1 aliphatic heterocycles. The molecule has 0 amide bonds. The van der Waals surface area contributed by atoms with Gasteiger partial charge in [0.25, 0.3) is 0 Å². The Morgan fingerprint density at radius 2 is 1.20 bits per heavy atom. The van der Waals surface area contributed by atoms with E-state index in [9.17, 15) is 0 Å². The maximum Gasteiger partial charge on any atom is 0.101 e. The van der Waals surface area contributed by atoms with Crippen LogP contribution >= 0.6 is 0 Å². The summed E-state index contributed by atoms with van der Waals surface area (Å²) in [7, 11) is 0. The van der Waals surface area contributed by atoms with Crippen molar-refractivity contribution in [2.24, 2.45) is 4.99 Å². The Kier molecular flexibility index (Phi) is 4.60. The summed E-state index contributed by atoms with van der Waals surface area (Å²) in [5, 5.41) is 3.68. The molecule has 1 N–H and O–H groups in total. The SMILES string of the molecule is c1ccc(CCC2=N[C@H](c3ccccc3)[C@H](c3ccccc3)N2)cc1. The predicted octanol–water partition coefficient (Wildman–Crippen LogP) is 5.10. The van der Waals surface area contributed by atoms with Crippen LogP contribution in [0.25, 0.3) is 0 Å². The molecule has 25 heavy (non-hydrogen) atoms. The third-order valence-electron chi connectivity index (χ3n) is 4.73. The van der Waals surface area contributed by atoms with E-state index in [0.717, 1.165) is 18.7 Å². The van der Waals surface area contributed by atoms with E-state index in [1.54, 1.807) is 0 Å². The summed E-state index contributed by atoms with van der Waals surface area (Å²) in [6.07, 6.45) is 1.95. The van der Waals surface area contributed by atoms with Crippen molar-refractivity contribution in [1.29, 1.82) is 0 Å². The van der Waals surface area contributed by atoms with Crippen molar-refractivity contribution in [2.45, 2.75) is 24.9 Å². The van der Waals surface area contributed by atoms with Crippen molar-refractivity contribution in [3.8, 4) is 0 Å². The quantitative estimate of drug-likeness (QED) is 0.693. The third kappa shape index (κ3) is 3.63. The lowest BCUT2D eigenvalue weighted by atomic mass is 9.95. The molecule has 0 aromatic heterocycles. The Hall–Kier alpha value is -2.87. The summed E-state index contributed by atoms with van der Waals surface area (Å²) in [6.45, 7) is 0. The second-order valence-corrected chi connectivity index (χ2v) is 6.45. The van der Waals surface area contributed by atoms with Gasteiger partial charge >= 0.3 is 0 Å². The minimum absolute atomic E-state index is 0.134. The lowest BCUT2D eigenvalue weighted by Crippen LogP contribution is -2.24. The molecular weight excluding hydrogens is 304 g/mol. The highest BCUT2D eigenvalue weighted by molar-refractivity contribution is 5.85. The minimum atomic E-state index is 0.134. The molecule has 0 radical (unpaired) electrons. The highest BCUT2D eigenvalue weighted by Gasteiger charge is 2.30. The highest BCUT2D eigenvalue weighted by Crippen LogP contribution is 2.36. The average molecular weight is 326 g/mol. The third-order valence-corrected chi connectivity index (χ3v) is 4.73. The zero-order chi connectivity index (χ0) is 16.9. The molecule has 2 heteroatoms. The van der Waals surface area contributed by atoms with Crippen molar-refractivity contribution in [1.82, 2.24) is 5.32 Å². The molecule has 0 saturated carbocycles. The Morgan fingerprint density at radius 1 is 0.640 bits per heavy atom. The lowest BCUT2D eigenvalue weighted by molar-refractivity contribution is 0.571. The van der Waals surface area contributed by atoms with Gasteiger partial charge < -0.3 is 5.32 Å². The average Bonchev–Trinajstić information content (AvgIpc) is 3.13. The molecule has 0 spiro atoms. The van der Waals surface area contributed by atoms with E-state index in [1.165, 1.54) is 16.7 Å². The first-order valence-electron chi connectivity index (χ1n) is 8.87. The molecular formula is C23H22N2. The van der Waals surface area contributed by atoms with Crippen molar-refractivity contribution in [3.63, 3.8) is 0 Å². The van der Waals surface area contributed by atoms with Crippen LogP contribution in [0.1, 0.15) is 35.2 Å². The second kappa shape index (κ2) is 7.35. The number of rotatable bonds is 5. The van der Waals surface area contributed by atoms with Gasteiger partial charge in [-0.05, 0) is 23.1 Å². The van der Waals surface area contributed by atoms with Crippen LogP contribution in [0.2, 0.25) is 0 Å². The number of amidine groups is 1. The smallest absolute Gasteiger partial charge is 0.101 e. The number of aryl methyl sites for hydroxylation is 1. The predicted molar refractivity (Wildman–Crippen MR) is 104 cm³/mol. The van der Waals surface area contributed by atoms with Gasteiger partial charge in [-0.2, -0.15) is 0 Å². The van der Waals surface area contributed by atoms with Crippen molar-refractivity contribution >= 4 is 5.84 Å². The van der Waals surface area contributed by atoms with E-state index in [0.29, 0.717) is 0 Å².